The maximum absolute atomic E-state index is 11.9. The molecule has 1 atom stereocenters. The van der Waals surface area contributed by atoms with Crippen molar-refractivity contribution in [2.45, 2.75) is 45.7 Å². The van der Waals surface area contributed by atoms with Crippen LogP contribution in [0.2, 0.25) is 0 Å². The van der Waals surface area contributed by atoms with Crippen LogP contribution in [0.15, 0.2) is 24.3 Å². The fraction of sp³-hybridized carbons (Fsp3) is 0.500. The van der Waals surface area contributed by atoms with Crippen LogP contribution in [0, 0.1) is 0 Å². The standard InChI is InChI=1S/C16H22N2O2/c1-3-12(2)17-16(20)14-8-6-13(7-9-14)11-18-10-4-5-15(18)19/h6-9,12H,3-5,10-11H2,1-2H3,(H,17,20). The minimum atomic E-state index is -0.0388. The van der Waals surface area contributed by atoms with E-state index >= 15 is 0 Å². The predicted molar refractivity (Wildman–Crippen MR) is 78.3 cm³/mol. The highest BCUT2D eigenvalue weighted by molar-refractivity contribution is 5.94. The first-order valence-corrected chi connectivity index (χ1v) is 7.27. The van der Waals surface area contributed by atoms with E-state index in [2.05, 4.69) is 5.32 Å². The van der Waals surface area contributed by atoms with Gasteiger partial charge in [0.25, 0.3) is 5.91 Å². The number of carbonyl (C=O) groups excluding carboxylic acids is 2. The minimum Gasteiger partial charge on any atom is -0.350 e. The summed E-state index contributed by atoms with van der Waals surface area (Å²) < 4.78 is 0. The van der Waals surface area contributed by atoms with Gasteiger partial charge in [0, 0.05) is 31.1 Å². The van der Waals surface area contributed by atoms with Crippen LogP contribution in [0.25, 0.3) is 0 Å². The van der Waals surface area contributed by atoms with Gasteiger partial charge < -0.3 is 10.2 Å². The van der Waals surface area contributed by atoms with Gasteiger partial charge in [0.2, 0.25) is 5.91 Å². The van der Waals surface area contributed by atoms with E-state index in [4.69, 9.17) is 0 Å². The highest BCUT2D eigenvalue weighted by Crippen LogP contribution is 2.14. The van der Waals surface area contributed by atoms with Gasteiger partial charge in [-0.05, 0) is 37.5 Å². The first kappa shape index (κ1) is 14.6. The van der Waals surface area contributed by atoms with Crippen LogP contribution >= 0.6 is 0 Å². The van der Waals surface area contributed by atoms with Crippen LogP contribution in [0.1, 0.15) is 49.0 Å². The Labute approximate surface area is 120 Å². The lowest BCUT2D eigenvalue weighted by atomic mass is 10.1. The summed E-state index contributed by atoms with van der Waals surface area (Å²) in [5.41, 5.74) is 1.74. The second kappa shape index (κ2) is 6.55. The van der Waals surface area contributed by atoms with Gasteiger partial charge in [0.05, 0.1) is 0 Å². The van der Waals surface area contributed by atoms with E-state index in [1.165, 1.54) is 0 Å². The van der Waals surface area contributed by atoms with E-state index in [1.54, 1.807) is 0 Å². The summed E-state index contributed by atoms with van der Waals surface area (Å²) in [7, 11) is 0. The molecular weight excluding hydrogens is 252 g/mol. The molecule has 4 heteroatoms. The first-order valence-electron chi connectivity index (χ1n) is 7.27. The second-order valence-corrected chi connectivity index (χ2v) is 5.40. The summed E-state index contributed by atoms with van der Waals surface area (Å²) >= 11 is 0. The summed E-state index contributed by atoms with van der Waals surface area (Å²) in [6.07, 6.45) is 2.53. The molecule has 2 rings (SSSR count). The molecule has 1 aromatic rings. The monoisotopic (exact) mass is 274 g/mol. The van der Waals surface area contributed by atoms with E-state index < -0.39 is 0 Å². The SMILES string of the molecule is CCC(C)NC(=O)c1ccc(CN2CCCC2=O)cc1. The van der Waals surface area contributed by atoms with E-state index in [0.29, 0.717) is 18.5 Å². The third-order valence-corrected chi connectivity index (χ3v) is 3.75. The van der Waals surface area contributed by atoms with Crippen LogP contribution < -0.4 is 5.32 Å². The number of hydrogen-bond donors (Lipinski definition) is 1. The van der Waals surface area contributed by atoms with Crippen molar-refractivity contribution >= 4 is 11.8 Å². The van der Waals surface area contributed by atoms with Crippen LogP contribution in [0.4, 0.5) is 0 Å². The zero-order valence-corrected chi connectivity index (χ0v) is 12.2. The topological polar surface area (TPSA) is 49.4 Å². The maximum Gasteiger partial charge on any atom is 0.251 e. The number of benzene rings is 1. The van der Waals surface area contributed by atoms with Gasteiger partial charge in [-0.25, -0.2) is 0 Å². The summed E-state index contributed by atoms with van der Waals surface area (Å²) in [5.74, 6) is 0.187. The number of carbonyl (C=O) groups is 2. The van der Waals surface area contributed by atoms with Crippen molar-refractivity contribution in [1.29, 1.82) is 0 Å². The molecule has 0 bridgehead atoms. The highest BCUT2D eigenvalue weighted by Gasteiger charge is 2.20. The Hall–Kier alpha value is -1.84. The van der Waals surface area contributed by atoms with Crippen LogP contribution in [-0.4, -0.2) is 29.3 Å². The van der Waals surface area contributed by atoms with Crippen molar-refractivity contribution in [2.75, 3.05) is 6.54 Å². The maximum atomic E-state index is 11.9. The van der Waals surface area contributed by atoms with Crippen molar-refractivity contribution < 1.29 is 9.59 Å². The van der Waals surface area contributed by atoms with Crippen molar-refractivity contribution in [3.63, 3.8) is 0 Å². The van der Waals surface area contributed by atoms with Crippen LogP contribution in [-0.2, 0) is 11.3 Å². The molecule has 0 aliphatic carbocycles. The van der Waals surface area contributed by atoms with Crippen molar-refractivity contribution in [3.8, 4) is 0 Å². The first-order chi connectivity index (χ1) is 9.60. The Bertz CT molecular complexity index is 482. The average molecular weight is 274 g/mol. The van der Waals surface area contributed by atoms with E-state index in [1.807, 2.05) is 43.0 Å². The van der Waals surface area contributed by atoms with Crippen LogP contribution in [0.3, 0.4) is 0 Å². The normalized spacial score (nSPS) is 16.3. The minimum absolute atomic E-state index is 0.0388. The van der Waals surface area contributed by atoms with Gasteiger partial charge in [0.15, 0.2) is 0 Å². The van der Waals surface area contributed by atoms with Gasteiger partial charge >= 0.3 is 0 Å². The molecule has 1 aliphatic heterocycles. The molecule has 4 nitrogen and oxygen atoms in total. The second-order valence-electron chi connectivity index (χ2n) is 5.40. The molecule has 2 amide bonds. The van der Waals surface area contributed by atoms with E-state index in [-0.39, 0.29) is 17.9 Å². The molecule has 0 radical (unpaired) electrons. The fourth-order valence-corrected chi connectivity index (χ4v) is 2.26. The number of likely N-dealkylation sites (tertiary alicyclic amines) is 1. The van der Waals surface area contributed by atoms with E-state index in [9.17, 15) is 9.59 Å². The Morgan fingerprint density at radius 1 is 1.35 bits per heavy atom. The number of hydrogen-bond acceptors (Lipinski definition) is 2. The molecule has 20 heavy (non-hydrogen) atoms. The number of rotatable bonds is 5. The summed E-state index contributed by atoms with van der Waals surface area (Å²) in [6, 6.07) is 7.69. The van der Waals surface area contributed by atoms with Gasteiger partial charge in [-0.1, -0.05) is 19.1 Å². The molecular formula is C16H22N2O2. The molecule has 1 unspecified atom stereocenters. The predicted octanol–water partition coefficient (Wildman–Crippen LogP) is 2.34. The van der Waals surface area contributed by atoms with Gasteiger partial charge in [0.1, 0.15) is 0 Å². The molecule has 0 aromatic heterocycles. The smallest absolute Gasteiger partial charge is 0.251 e. The molecule has 1 aliphatic rings. The van der Waals surface area contributed by atoms with Gasteiger partial charge in [-0.2, -0.15) is 0 Å². The zero-order chi connectivity index (χ0) is 14.5. The number of nitrogens with zero attached hydrogens (tertiary/aromatic N) is 1. The largest absolute Gasteiger partial charge is 0.350 e. The Morgan fingerprint density at radius 2 is 2.05 bits per heavy atom. The summed E-state index contributed by atoms with van der Waals surface area (Å²) in [4.78, 5) is 25.4. The zero-order valence-electron chi connectivity index (χ0n) is 12.2. The molecule has 0 spiro atoms. The lowest BCUT2D eigenvalue weighted by Crippen LogP contribution is -2.31. The lowest BCUT2D eigenvalue weighted by Gasteiger charge is -2.16. The van der Waals surface area contributed by atoms with Crippen molar-refractivity contribution in [3.05, 3.63) is 35.4 Å². The van der Waals surface area contributed by atoms with Gasteiger partial charge in [-0.15, -0.1) is 0 Å². The molecule has 1 heterocycles. The molecule has 1 aromatic carbocycles. The fourth-order valence-electron chi connectivity index (χ4n) is 2.26. The quantitative estimate of drug-likeness (QED) is 0.896. The number of nitrogens with one attached hydrogen (secondary N) is 1. The molecule has 108 valence electrons. The molecule has 0 saturated carbocycles. The third kappa shape index (κ3) is 3.59. The third-order valence-electron chi connectivity index (χ3n) is 3.75. The summed E-state index contributed by atoms with van der Waals surface area (Å²) in [5, 5.41) is 2.94. The lowest BCUT2D eigenvalue weighted by molar-refractivity contribution is -0.128. The van der Waals surface area contributed by atoms with Gasteiger partial charge in [-0.3, -0.25) is 9.59 Å². The summed E-state index contributed by atoms with van der Waals surface area (Å²) in [6.45, 7) is 5.52. The molecule has 1 N–H and O–H groups in total. The van der Waals surface area contributed by atoms with E-state index in [0.717, 1.165) is 24.9 Å². The molecule has 1 saturated heterocycles. The number of amides is 2. The Balaban J connectivity index is 1.95. The Kier molecular flexibility index (Phi) is 4.77. The van der Waals surface area contributed by atoms with Crippen molar-refractivity contribution in [1.82, 2.24) is 10.2 Å². The van der Waals surface area contributed by atoms with Crippen LogP contribution in [0.5, 0.6) is 0 Å². The Morgan fingerprint density at radius 3 is 2.60 bits per heavy atom. The highest BCUT2D eigenvalue weighted by atomic mass is 16.2. The molecule has 1 fully saturated rings. The average Bonchev–Trinajstić information content (AvgIpc) is 2.85. The van der Waals surface area contributed by atoms with Crippen molar-refractivity contribution in [2.24, 2.45) is 0 Å².